The van der Waals surface area contributed by atoms with Crippen LogP contribution in [-0.4, -0.2) is 61.1 Å². The Hall–Kier alpha value is -2.52. The summed E-state index contributed by atoms with van der Waals surface area (Å²) in [5, 5.41) is 2.63. The van der Waals surface area contributed by atoms with E-state index in [1.54, 1.807) is 4.90 Å². The normalized spacial score (nSPS) is 14.8. The number of hydrogen-bond acceptors (Lipinski definition) is 4. The largest absolute Gasteiger partial charge is 0.445 e. The van der Waals surface area contributed by atoms with Crippen LogP contribution in [0.3, 0.4) is 0 Å². The Kier molecular flexibility index (Phi) is 6.45. The molecule has 6 heteroatoms. The fourth-order valence-corrected chi connectivity index (χ4v) is 2.31. The van der Waals surface area contributed by atoms with E-state index in [9.17, 15) is 9.59 Å². The van der Waals surface area contributed by atoms with Crippen LogP contribution in [0.1, 0.15) is 5.56 Å². The molecule has 0 unspecified atom stereocenters. The monoisotopic (exact) mass is 315 g/mol. The molecule has 0 atom stereocenters. The van der Waals surface area contributed by atoms with Crippen molar-refractivity contribution in [3.8, 4) is 12.3 Å². The van der Waals surface area contributed by atoms with Crippen molar-refractivity contribution in [2.45, 2.75) is 6.61 Å². The van der Waals surface area contributed by atoms with Crippen molar-refractivity contribution >= 4 is 12.0 Å². The first-order chi connectivity index (χ1) is 11.2. The summed E-state index contributed by atoms with van der Waals surface area (Å²) in [7, 11) is 0. The fourth-order valence-electron chi connectivity index (χ4n) is 2.31. The number of amides is 2. The van der Waals surface area contributed by atoms with E-state index >= 15 is 0 Å². The smallest absolute Gasteiger partial charge is 0.410 e. The Labute approximate surface area is 136 Å². The van der Waals surface area contributed by atoms with Crippen LogP contribution in [0.5, 0.6) is 0 Å². The minimum Gasteiger partial charge on any atom is -0.445 e. The van der Waals surface area contributed by atoms with Crippen molar-refractivity contribution in [1.29, 1.82) is 0 Å². The summed E-state index contributed by atoms with van der Waals surface area (Å²) in [6.45, 7) is 3.20. The van der Waals surface area contributed by atoms with Crippen LogP contribution in [0.4, 0.5) is 4.79 Å². The number of nitrogens with one attached hydrogen (secondary N) is 1. The van der Waals surface area contributed by atoms with Crippen LogP contribution in [0.25, 0.3) is 0 Å². The lowest BCUT2D eigenvalue weighted by atomic mass is 10.2. The maximum atomic E-state index is 12.0. The van der Waals surface area contributed by atoms with Gasteiger partial charge in [0.1, 0.15) is 6.61 Å². The van der Waals surface area contributed by atoms with Gasteiger partial charge in [-0.3, -0.25) is 9.69 Å². The molecule has 122 valence electrons. The van der Waals surface area contributed by atoms with E-state index in [1.165, 1.54) is 0 Å². The second kappa shape index (κ2) is 8.81. The Morgan fingerprint density at radius 2 is 1.87 bits per heavy atom. The van der Waals surface area contributed by atoms with Gasteiger partial charge in [0.25, 0.3) is 0 Å². The molecule has 2 rings (SSSR count). The molecular weight excluding hydrogens is 294 g/mol. The highest BCUT2D eigenvalue weighted by Crippen LogP contribution is 2.06. The predicted octanol–water partition coefficient (Wildman–Crippen LogP) is 0.690. The highest BCUT2D eigenvalue weighted by atomic mass is 16.6. The zero-order chi connectivity index (χ0) is 16.5. The van der Waals surface area contributed by atoms with E-state index < -0.39 is 0 Å². The van der Waals surface area contributed by atoms with Crippen molar-refractivity contribution in [2.75, 3.05) is 39.3 Å². The van der Waals surface area contributed by atoms with Gasteiger partial charge < -0.3 is 15.0 Å². The second-order valence-corrected chi connectivity index (χ2v) is 5.28. The summed E-state index contributed by atoms with van der Waals surface area (Å²) < 4.78 is 5.30. The minimum atomic E-state index is -0.315. The van der Waals surface area contributed by atoms with Crippen molar-refractivity contribution in [1.82, 2.24) is 15.1 Å². The highest BCUT2D eigenvalue weighted by Gasteiger charge is 2.23. The molecule has 0 spiro atoms. The van der Waals surface area contributed by atoms with Gasteiger partial charge in [-0.05, 0) is 5.56 Å². The van der Waals surface area contributed by atoms with Gasteiger partial charge >= 0.3 is 6.09 Å². The SMILES string of the molecule is C#CCNC(=O)CN1CCN(C(=O)OCc2ccccc2)CC1. The van der Waals surface area contributed by atoms with E-state index in [4.69, 9.17) is 11.2 Å². The second-order valence-electron chi connectivity index (χ2n) is 5.28. The quantitative estimate of drug-likeness (QED) is 0.812. The number of carbonyl (C=O) groups excluding carboxylic acids is 2. The lowest BCUT2D eigenvalue weighted by molar-refractivity contribution is -0.122. The number of piperazine rings is 1. The zero-order valence-electron chi connectivity index (χ0n) is 13.0. The first-order valence-corrected chi connectivity index (χ1v) is 7.57. The molecule has 0 aliphatic carbocycles. The topological polar surface area (TPSA) is 61.9 Å². The summed E-state index contributed by atoms with van der Waals surface area (Å²) in [6.07, 6.45) is 4.78. The van der Waals surface area contributed by atoms with Crippen LogP contribution in [0.2, 0.25) is 0 Å². The average Bonchev–Trinajstić information content (AvgIpc) is 2.59. The maximum Gasteiger partial charge on any atom is 0.410 e. The molecule has 0 radical (unpaired) electrons. The first-order valence-electron chi connectivity index (χ1n) is 7.57. The molecule has 0 saturated carbocycles. The Morgan fingerprint density at radius 3 is 2.52 bits per heavy atom. The van der Waals surface area contributed by atoms with E-state index in [0.29, 0.717) is 32.7 Å². The molecule has 1 aliphatic heterocycles. The molecule has 1 heterocycles. The molecule has 1 aromatic carbocycles. The van der Waals surface area contributed by atoms with Gasteiger partial charge in [0.15, 0.2) is 0 Å². The highest BCUT2D eigenvalue weighted by molar-refractivity contribution is 5.78. The molecule has 0 bridgehead atoms. The van der Waals surface area contributed by atoms with E-state index in [2.05, 4.69) is 11.2 Å². The van der Waals surface area contributed by atoms with Crippen LogP contribution in [0.15, 0.2) is 30.3 Å². The van der Waals surface area contributed by atoms with E-state index in [-0.39, 0.29) is 25.2 Å². The molecule has 23 heavy (non-hydrogen) atoms. The zero-order valence-corrected chi connectivity index (χ0v) is 13.0. The number of hydrogen-bond donors (Lipinski definition) is 1. The summed E-state index contributed by atoms with van der Waals surface area (Å²) >= 11 is 0. The Morgan fingerprint density at radius 1 is 1.17 bits per heavy atom. The number of terminal acetylenes is 1. The number of carbonyl (C=O) groups is 2. The summed E-state index contributed by atoms with van der Waals surface area (Å²) in [4.78, 5) is 27.3. The van der Waals surface area contributed by atoms with Crippen LogP contribution in [-0.2, 0) is 16.1 Å². The third kappa shape index (κ3) is 5.64. The molecule has 1 fully saturated rings. The molecule has 2 amide bonds. The van der Waals surface area contributed by atoms with Gasteiger partial charge in [-0.1, -0.05) is 36.3 Å². The van der Waals surface area contributed by atoms with Gasteiger partial charge in [0, 0.05) is 26.2 Å². The first kappa shape index (κ1) is 16.8. The maximum absolute atomic E-state index is 12.0. The summed E-state index contributed by atoms with van der Waals surface area (Å²) in [6, 6.07) is 9.57. The van der Waals surface area contributed by atoms with E-state index in [1.807, 2.05) is 35.2 Å². The molecule has 1 N–H and O–H groups in total. The van der Waals surface area contributed by atoms with Gasteiger partial charge in [-0.25, -0.2) is 4.79 Å². The molecule has 0 aromatic heterocycles. The number of nitrogens with zero attached hydrogens (tertiary/aromatic N) is 2. The van der Waals surface area contributed by atoms with Crippen molar-refractivity contribution < 1.29 is 14.3 Å². The predicted molar refractivity (Wildman–Crippen MR) is 86.5 cm³/mol. The van der Waals surface area contributed by atoms with Crippen LogP contribution >= 0.6 is 0 Å². The number of rotatable bonds is 5. The third-order valence-corrected chi connectivity index (χ3v) is 3.59. The molecule has 1 aromatic rings. The van der Waals surface area contributed by atoms with Gasteiger partial charge in [-0.2, -0.15) is 0 Å². The fraction of sp³-hybridized carbons (Fsp3) is 0.412. The van der Waals surface area contributed by atoms with Gasteiger partial charge in [0.2, 0.25) is 5.91 Å². The average molecular weight is 315 g/mol. The summed E-state index contributed by atoms with van der Waals surface area (Å²) in [5.74, 6) is 2.27. The van der Waals surface area contributed by atoms with E-state index in [0.717, 1.165) is 5.56 Å². The molecule has 1 saturated heterocycles. The molecule has 1 aliphatic rings. The van der Waals surface area contributed by atoms with Crippen molar-refractivity contribution in [3.05, 3.63) is 35.9 Å². The number of ether oxygens (including phenoxy) is 1. The van der Waals surface area contributed by atoms with Gasteiger partial charge in [0.05, 0.1) is 13.1 Å². The lowest BCUT2D eigenvalue weighted by Gasteiger charge is -2.33. The molecular formula is C17H21N3O3. The third-order valence-electron chi connectivity index (χ3n) is 3.59. The Balaban J connectivity index is 1.68. The van der Waals surface area contributed by atoms with Crippen LogP contribution in [0, 0.1) is 12.3 Å². The van der Waals surface area contributed by atoms with Crippen LogP contribution < -0.4 is 5.32 Å². The minimum absolute atomic E-state index is 0.0944. The standard InChI is InChI=1S/C17H21N3O3/c1-2-8-18-16(21)13-19-9-11-20(12-10-19)17(22)23-14-15-6-4-3-5-7-15/h1,3-7H,8-14H2,(H,18,21). The number of benzene rings is 1. The molecule has 6 nitrogen and oxygen atoms in total. The van der Waals surface area contributed by atoms with Gasteiger partial charge in [-0.15, -0.1) is 6.42 Å². The lowest BCUT2D eigenvalue weighted by Crippen LogP contribution is -2.51. The summed E-state index contributed by atoms with van der Waals surface area (Å²) in [5.41, 5.74) is 0.963. The Bertz CT molecular complexity index is 560. The van der Waals surface area contributed by atoms with Crippen molar-refractivity contribution in [3.63, 3.8) is 0 Å². The van der Waals surface area contributed by atoms with Crippen molar-refractivity contribution in [2.24, 2.45) is 0 Å².